The van der Waals surface area contributed by atoms with E-state index in [0.717, 1.165) is 56.8 Å². The molecular weight excluding hydrogens is 885 g/mol. The summed E-state index contributed by atoms with van der Waals surface area (Å²) >= 11 is -2.03. The van der Waals surface area contributed by atoms with E-state index in [1.165, 1.54) is 15.2 Å². The molecule has 5 aromatic carbocycles. The summed E-state index contributed by atoms with van der Waals surface area (Å²) in [4.78, 5) is 9.08. The first-order chi connectivity index (χ1) is 27.0. The summed E-state index contributed by atoms with van der Waals surface area (Å²) in [5.74, 6) is 6.47. The summed E-state index contributed by atoms with van der Waals surface area (Å²) in [5, 5.41) is 6.54. The van der Waals surface area contributed by atoms with Crippen LogP contribution in [-0.4, -0.2) is 23.2 Å². The van der Waals surface area contributed by atoms with Gasteiger partial charge in [0.05, 0.1) is 6.95 Å². The van der Waals surface area contributed by atoms with Crippen molar-refractivity contribution in [3.8, 4) is 22.5 Å². The normalized spacial score (nSPS) is 13.5. The van der Waals surface area contributed by atoms with E-state index in [1.54, 1.807) is 0 Å². The molecule has 0 atom stereocenters. The summed E-state index contributed by atoms with van der Waals surface area (Å²) in [7, 11) is 0. The average molecular weight is 939 g/mol. The Morgan fingerprint density at radius 3 is 2.25 bits per heavy atom. The van der Waals surface area contributed by atoms with E-state index in [-0.39, 0.29) is 37.8 Å². The molecule has 8 aromatic rings. The average Bonchev–Trinajstić information content (AvgIpc) is 3.54. The molecule has 0 unspecified atom stereocenters. The zero-order chi connectivity index (χ0) is 40.9. The van der Waals surface area contributed by atoms with Crippen LogP contribution in [0.2, 0.25) is 17.3 Å². The second kappa shape index (κ2) is 16.1. The van der Waals surface area contributed by atoms with Crippen LogP contribution in [0.4, 0.5) is 0 Å². The smallest absolute Gasteiger partial charge is 0.121 e. The van der Waals surface area contributed by atoms with Crippen molar-refractivity contribution in [3.63, 3.8) is 0 Å². The SMILES string of the molecule is [2H]C(C)(C)c1cc(-c2[c-]cccc2)nc[c]1[Ge]([CH3])([CH3])[CH3].[2H]c1nc(-c2[c-]ccc3c2oc2cc4c(ccc5ccccc54)cc23)cc(C(CC)CC)c1C([2H])([2H])[2H].[Ir]. The summed E-state index contributed by atoms with van der Waals surface area (Å²) in [6.45, 7) is 5.60. The van der Waals surface area contributed by atoms with Crippen molar-refractivity contribution in [2.45, 2.75) is 76.5 Å². The van der Waals surface area contributed by atoms with Crippen molar-refractivity contribution in [1.29, 1.82) is 0 Å². The number of hydrogen-bond acceptors (Lipinski definition) is 3. The maximum Gasteiger partial charge on any atom is 0.121 e. The van der Waals surface area contributed by atoms with Gasteiger partial charge in [-0.3, -0.25) is 0 Å². The van der Waals surface area contributed by atoms with Crippen molar-refractivity contribution < 1.29 is 31.4 Å². The third-order valence-electron chi connectivity index (χ3n) is 10.1. The van der Waals surface area contributed by atoms with E-state index >= 15 is 0 Å². The number of rotatable bonds is 7. The first-order valence-corrected chi connectivity index (χ1v) is 25.5. The van der Waals surface area contributed by atoms with Gasteiger partial charge in [0.2, 0.25) is 0 Å². The molecule has 5 heteroatoms. The minimum absolute atomic E-state index is 0. The third kappa shape index (κ3) is 7.78. The summed E-state index contributed by atoms with van der Waals surface area (Å²) < 4.78 is 48.9. The predicted octanol–water partition coefficient (Wildman–Crippen LogP) is 13.2. The monoisotopic (exact) mass is 940 g/mol. The van der Waals surface area contributed by atoms with Gasteiger partial charge < -0.3 is 9.40 Å². The van der Waals surface area contributed by atoms with E-state index in [1.807, 2.05) is 88.5 Å². The van der Waals surface area contributed by atoms with Gasteiger partial charge in [-0.15, -0.1) is 18.2 Å². The topological polar surface area (TPSA) is 38.9 Å². The molecule has 0 N–H and O–H groups in total. The minimum Gasteiger partial charge on any atom is -0.501 e. The van der Waals surface area contributed by atoms with Gasteiger partial charge in [-0.25, -0.2) is 0 Å². The quantitative estimate of drug-likeness (QED) is 0.0908. The van der Waals surface area contributed by atoms with E-state index in [9.17, 15) is 0 Å². The van der Waals surface area contributed by atoms with E-state index < -0.39 is 26.0 Å². The van der Waals surface area contributed by atoms with Crippen LogP contribution < -0.4 is 4.40 Å². The molecular formula is C48H48GeIrN2O-2. The first kappa shape index (κ1) is 32.4. The van der Waals surface area contributed by atoms with Crippen molar-refractivity contribution in [1.82, 2.24) is 9.97 Å². The molecule has 0 aliphatic heterocycles. The van der Waals surface area contributed by atoms with Crippen LogP contribution in [0.15, 0.2) is 114 Å². The van der Waals surface area contributed by atoms with Gasteiger partial charge in [0, 0.05) is 35.8 Å². The molecule has 0 bridgehead atoms. The Morgan fingerprint density at radius 2 is 1.53 bits per heavy atom. The van der Waals surface area contributed by atoms with Gasteiger partial charge in [-0.1, -0.05) is 67.3 Å². The standard InChI is InChI=1S/C31H26NO.C17H22GeN.Ir/c1-4-20(5-2)26-16-29(32-18-19(26)3)25-12-8-11-24-28-15-22-14-13-21-9-6-7-10-23(21)27(22)17-30(28)33-31(24)25;1-13(2)15-11-17(14-9-7-6-8-10-14)19-12-16(15)18(3,4)5;/h6-11,13-18,20H,4-5H2,1-3H3;6-9,11-13H,1-5H3;/q2*-1;/i3D3,18D;13D;. The van der Waals surface area contributed by atoms with Gasteiger partial charge in [-0.05, 0) is 76.1 Å². The van der Waals surface area contributed by atoms with E-state index in [2.05, 4.69) is 81.8 Å². The molecule has 53 heavy (non-hydrogen) atoms. The molecule has 8 rings (SSSR count). The maximum atomic E-state index is 8.58. The molecule has 1 radical (unpaired) electrons. The number of nitrogens with zero attached hydrogens (tertiary/aromatic N) is 2. The van der Waals surface area contributed by atoms with Gasteiger partial charge in [-0.2, -0.15) is 0 Å². The first-order valence-electron chi connectivity index (χ1n) is 20.7. The van der Waals surface area contributed by atoms with Crippen LogP contribution in [0.5, 0.6) is 0 Å². The van der Waals surface area contributed by atoms with Crippen LogP contribution in [0, 0.1) is 19.0 Å². The Morgan fingerprint density at radius 1 is 0.774 bits per heavy atom. The number of benzene rings is 5. The van der Waals surface area contributed by atoms with Crippen LogP contribution in [-0.2, 0) is 20.1 Å². The van der Waals surface area contributed by atoms with Crippen LogP contribution >= 0.6 is 0 Å². The third-order valence-corrected chi connectivity index (χ3v) is 14.3. The van der Waals surface area contributed by atoms with Gasteiger partial charge in [0.15, 0.2) is 0 Å². The van der Waals surface area contributed by atoms with Crippen LogP contribution in [0.25, 0.3) is 66.0 Å². The van der Waals surface area contributed by atoms with Crippen molar-refractivity contribution in [2.75, 3.05) is 0 Å². The molecule has 0 spiro atoms. The van der Waals surface area contributed by atoms with E-state index in [0.29, 0.717) is 22.4 Å². The fourth-order valence-electron chi connectivity index (χ4n) is 7.21. The van der Waals surface area contributed by atoms with Crippen molar-refractivity contribution >= 4 is 61.1 Å². The summed E-state index contributed by atoms with van der Waals surface area (Å²) in [5.41, 5.74) is 6.29. The fraction of sp³-hybridized carbons (Fsp3) is 0.250. The Labute approximate surface area is 338 Å². The summed E-state index contributed by atoms with van der Waals surface area (Å²) in [6.07, 6.45) is 3.35. The molecule has 0 fully saturated rings. The molecule has 0 saturated carbocycles. The maximum absolute atomic E-state index is 8.58. The molecule has 3 aromatic heterocycles. The Kier molecular flexibility index (Phi) is 9.83. The Balaban J connectivity index is 0.000000230. The minimum atomic E-state index is -2.40. The van der Waals surface area contributed by atoms with Gasteiger partial charge in [0.1, 0.15) is 5.58 Å². The number of pyridine rings is 2. The second-order valence-corrected chi connectivity index (χ2v) is 25.4. The van der Waals surface area contributed by atoms with Gasteiger partial charge in [0.25, 0.3) is 0 Å². The molecule has 3 heterocycles. The molecule has 0 aliphatic carbocycles. The second-order valence-electron chi connectivity index (χ2n) is 14.8. The molecule has 0 aliphatic rings. The molecule has 271 valence electrons. The largest absolute Gasteiger partial charge is 0.501 e. The van der Waals surface area contributed by atoms with Crippen molar-refractivity contribution in [2.24, 2.45) is 0 Å². The molecule has 3 nitrogen and oxygen atoms in total. The molecule has 0 saturated heterocycles. The number of furan rings is 1. The van der Waals surface area contributed by atoms with Crippen LogP contribution in [0.3, 0.4) is 0 Å². The number of aromatic nitrogens is 2. The molecule has 0 amide bonds. The number of hydrogen-bond donors (Lipinski definition) is 0. The Hall–Kier alpha value is -4.09. The number of fused-ring (bicyclic) bond motifs is 6. The zero-order valence-electron chi connectivity index (χ0n) is 36.4. The van der Waals surface area contributed by atoms with Crippen molar-refractivity contribution in [3.05, 3.63) is 138 Å². The predicted molar refractivity (Wildman–Crippen MR) is 224 cm³/mol. The van der Waals surface area contributed by atoms with Gasteiger partial charge >= 0.3 is 120 Å². The zero-order valence-corrected chi connectivity index (χ0v) is 35.9. The fourth-order valence-corrected chi connectivity index (χ4v) is 10.5. The van der Waals surface area contributed by atoms with E-state index in [4.69, 9.17) is 11.3 Å². The Bertz CT molecular complexity index is 2750. The van der Waals surface area contributed by atoms with Crippen LogP contribution in [0.1, 0.15) is 75.9 Å². The summed E-state index contributed by atoms with van der Waals surface area (Å²) in [6, 6.07) is 38.9.